The van der Waals surface area contributed by atoms with Crippen LogP contribution < -0.4 is 15.8 Å². The van der Waals surface area contributed by atoms with Crippen molar-refractivity contribution in [1.82, 2.24) is 10.2 Å². The molecule has 1 amide bonds. The number of ether oxygens (including phenoxy) is 1. The third-order valence-corrected chi connectivity index (χ3v) is 3.39. The lowest BCUT2D eigenvalue weighted by atomic mass is 10.2. The van der Waals surface area contributed by atoms with Gasteiger partial charge in [0, 0.05) is 11.9 Å². The molecule has 0 saturated heterocycles. The first kappa shape index (κ1) is 20.4. The van der Waals surface area contributed by atoms with Crippen molar-refractivity contribution in [1.29, 1.82) is 0 Å². The molecule has 8 nitrogen and oxygen atoms in total. The predicted molar refractivity (Wildman–Crippen MR) is 97.3 cm³/mol. The Bertz CT molecular complexity index is 953. The van der Waals surface area contributed by atoms with Gasteiger partial charge in [-0.1, -0.05) is 6.07 Å². The van der Waals surface area contributed by atoms with Crippen LogP contribution >= 0.6 is 0 Å². The monoisotopic (exact) mass is 390 g/mol. The van der Waals surface area contributed by atoms with E-state index in [0.717, 1.165) is 0 Å². The standard InChI is InChI=1S/C12H10FN3O4.C6H6FN/c1-20-8-4-2-3-6(9(8)13)11(17)15-7-5-14-16-10(7)12(18)19;7-5-1-3-6(8)4-2-5/h2-5H,1H3,(H,14,16)(H,15,17)(H,18,19);1-4H,8H2. The van der Waals surface area contributed by atoms with Crippen molar-refractivity contribution in [2.75, 3.05) is 18.2 Å². The molecule has 0 radical (unpaired) electrons. The number of nitrogens with two attached hydrogens (primary N) is 1. The summed E-state index contributed by atoms with van der Waals surface area (Å²) in [6.07, 6.45) is 1.19. The van der Waals surface area contributed by atoms with Gasteiger partial charge in [0.15, 0.2) is 17.3 Å². The maximum atomic E-state index is 13.9. The number of aromatic nitrogens is 2. The van der Waals surface area contributed by atoms with Gasteiger partial charge >= 0.3 is 5.97 Å². The van der Waals surface area contributed by atoms with Gasteiger partial charge in [-0.2, -0.15) is 5.10 Å². The molecule has 0 aliphatic heterocycles. The van der Waals surface area contributed by atoms with E-state index in [0.29, 0.717) is 5.69 Å². The van der Waals surface area contributed by atoms with E-state index >= 15 is 0 Å². The number of methoxy groups -OCH3 is 1. The molecule has 1 heterocycles. The molecule has 10 heteroatoms. The van der Waals surface area contributed by atoms with E-state index in [2.05, 4.69) is 15.5 Å². The van der Waals surface area contributed by atoms with E-state index in [-0.39, 0.29) is 28.5 Å². The highest BCUT2D eigenvalue weighted by molar-refractivity contribution is 6.07. The summed E-state index contributed by atoms with van der Waals surface area (Å²) in [5.41, 5.74) is 5.18. The van der Waals surface area contributed by atoms with Crippen molar-refractivity contribution < 1.29 is 28.2 Å². The number of benzene rings is 2. The summed E-state index contributed by atoms with van der Waals surface area (Å²) in [5, 5.41) is 16.9. The van der Waals surface area contributed by atoms with Crippen LogP contribution in [0.4, 0.5) is 20.2 Å². The third kappa shape index (κ3) is 5.04. The maximum Gasteiger partial charge on any atom is 0.358 e. The average molecular weight is 390 g/mol. The molecule has 0 aliphatic carbocycles. The molecule has 0 spiro atoms. The molecule has 0 fully saturated rings. The number of hydrogen-bond acceptors (Lipinski definition) is 5. The van der Waals surface area contributed by atoms with E-state index in [1.807, 2.05) is 0 Å². The Hall–Kier alpha value is -3.95. The van der Waals surface area contributed by atoms with Gasteiger partial charge in [-0.15, -0.1) is 0 Å². The van der Waals surface area contributed by atoms with Crippen LogP contribution in [-0.4, -0.2) is 34.3 Å². The number of amides is 1. The van der Waals surface area contributed by atoms with Gasteiger partial charge in [0.25, 0.3) is 5.91 Å². The summed E-state index contributed by atoms with van der Waals surface area (Å²) >= 11 is 0. The van der Waals surface area contributed by atoms with Gasteiger partial charge in [-0.3, -0.25) is 9.89 Å². The van der Waals surface area contributed by atoms with E-state index in [9.17, 15) is 18.4 Å². The Morgan fingerprint density at radius 1 is 1.18 bits per heavy atom. The Kier molecular flexibility index (Phi) is 6.63. The molecule has 5 N–H and O–H groups in total. The maximum absolute atomic E-state index is 13.9. The second kappa shape index (κ2) is 9.12. The van der Waals surface area contributed by atoms with Crippen LogP contribution in [0.1, 0.15) is 20.8 Å². The van der Waals surface area contributed by atoms with Gasteiger partial charge in [0.2, 0.25) is 0 Å². The summed E-state index contributed by atoms with van der Waals surface area (Å²) < 4.78 is 30.7. The number of carbonyl (C=O) groups excluding carboxylic acids is 1. The summed E-state index contributed by atoms with van der Waals surface area (Å²) in [7, 11) is 1.28. The molecule has 2 aromatic carbocycles. The van der Waals surface area contributed by atoms with Crippen molar-refractivity contribution in [3.63, 3.8) is 0 Å². The largest absolute Gasteiger partial charge is 0.494 e. The number of carboxylic acid groups (broad SMARTS) is 1. The molecular weight excluding hydrogens is 374 g/mol. The number of anilines is 2. The fourth-order valence-electron chi connectivity index (χ4n) is 2.04. The Morgan fingerprint density at radius 3 is 2.43 bits per heavy atom. The summed E-state index contributed by atoms with van der Waals surface area (Å²) in [5.74, 6) is -3.27. The second-order valence-corrected chi connectivity index (χ2v) is 5.28. The molecule has 1 aromatic heterocycles. The van der Waals surface area contributed by atoms with Crippen molar-refractivity contribution in [2.24, 2.45) is 0 Å². The second-order valence-electron chi connectivity index (χ2n) is 5.28. The first-order chi connectivity index (χ1) is 13.3. The summed E-state index contributed by atoms with van der Waals surface area (Å²) in [6, 6.07) is 9.78. The number of nitrogens with one attached hydrogen (secondary N) is 2. The van der Waals surface area contributed by atoms with Crippen molar-refractivity contribution in [3.05, 3.63) is 71.6 Å². The molecule has 3 rings (SSSR count). The number of nitrogens with zero attached hydrogens (tertiary/aromatic N) is 1. The predicted octanol–water partition coefficient (Wildman–Crippen LogP) is 2.92. The molecule has 0 saturated carbocycles. The first-order valence-corrected chi connectivity index (χ1v) is 7.75. The van der Waals surface area contributed by atoms with Crippen molar-refractivity contribution in [3.8, 4) is 5.75 Å². The number of aromatic amines is 1. The Labute approximate surface area is 157 Å². The number of H-pyrrole nitrogens is 1. The van der Waals surface area contributed by atoms with E-state index < -0.39 is 17.7 Å². The number of rotatable bonds is 4. The lowest BCUT2D eigenvalue weighted by molar-refractivity contribution is 0.0691. The molecule has 0 unspecified atom stereocenters. The summed E-state index contributed by atoms with van der Waals surface area (Å²) in [4.78, 5) is 22.8. The van der Waals surface area contributed by atoms with Gasteiger partial charge in [0.05, 0.1) is 18.4 Å². The van der Waals surface area contributed by atoms with Crippen molar-refractivity contribution in [2.45, 2.75) is 0 Å². The number of aromatic carboxylic acids is 1. The smallest absolute Gasteiger partial charge is 0.358 e. The first-order valence-electron chi connectivity index (χ1n) is 7.75. The average Bonchev–Trinajstić information content (AvgIpc) is 3.13. The number of halogens is 2. The highest BCUT2D eigenvalue weighted by Crippen LogP contribution is 2.21. The topological polar surface area (TPSA) is 130 Å². The number of hydrogen-bond donors (Lipinski definition) is 4. The van der Waals surface area contributed by atoms with Crippen LogP contribution in [0.2, 0.25) is 0 Å². The van der Waals surface area contributed by atoms with Gasteiger partial charge in [-0.05, 0) is 36.4 Å². The van der Waals surface area contributed by atoms with Crippen molar-refractivity contribution >= 4 is 23.3 Å². The molecule has 0 bridgehead atoms. The number of carboxylic acids is 1. The lowest BCUT2D eigenvalue weighted by Gasteiger charge is -2.07. The number of carbonyl (C=O) groups is 2. The van der Waals surface area contributed by atoms with E-state index in [4.69, 9.17) is 15.6 Å². The Balaban J connectivity index is 0.000000292. The van der Waals surface area contributed by atoms with Crippen LogP contribution in [0.25, 0.3) is 0 Å². The zero-order chi connectivity index (χ0) is 20.7. The molecule has 0 aliphatic rings. The van der Waals surface area contributed by atoms with Crippen LogP contribution in [0.5, 0.6) is 5.75 Å². The minimum absolute atomic E-state index is 0.0512. The fourth-order valence-corrected chi connectivity index (χ4v) is 2.04. The molecule has 146 valence electrons. The van der Waals surface area contributed by atoms with E-state index in [1.54, 1.807) is 0 Å². The van der Waals surface area contributed by atoms with Gasteiger partial charge < -0.3 is 20.9 Å². The highest BCUT2D eigenvalue weighted by atomic mass is 19.1. The van der Waals surface area contributed by atoms with Gasteiger partial charge in [0.1, 0.15) is 5.82 Å². The SMILES string of the molecule is COc1cccc(C(=O)Nc2c[nH]nc2C(=O)O)c1F.Nc1ccc(F)cc1. The molecular formula is C18H16F2N4O4. The zero-order valence-corrected chi connectivity index (χ0v) is 14.6. The van der Waals surface area contributed by atoms with Crippen LogP contribution in [-0.2, 0) is 0 Å². The quantitative estimate of drug-likeness (QED) is 0.507. The third-order valence-electron chi connectivity index (χ3n) is 3.39. The molecule has 28 heavy (non-hydrogen) atoms. The highest BCUT2D eigenvalue weighted by Gasteiger charge is 2.19. The molecule has 0 atom stereocenters. The summed E-state index contributed by atoms with van der Waals surface area (Å²) in [6.45, 7) is 0. The lowest BCUT2D eigenvalue weighted by Crippen LogP contribution is -2.16. The normalized spacial score (nSPS) is 9.82. The Morgan fingerprint density at radius 2 is 1.86 bits per heavy atom. The van der Waals surface area contributed by atoms with Gasteiger partial charge in [-0.25, -0.2) is 13.6 Å². The van der Waals surface area contributed by atoms with Crippen LogP contribution in [0.3, 0.4) is 0 Å². The van der Waals surface area contributed by atoms with Crippen LogP contribution in [0.15, 0.2) is 48.7 Å². The fraction of sp³-hybridized carbons (Fsp3) is 0.0556. The molecule has 3 aromatic rings. The minimum atomic E-state index is -1.31. The minimum Gasteiger partial charge on any atom is -0.494 e. The van der Waals surface area contributed by atoms with E-state index in [1.165, 1.54) is 55.8 Å². The number of nitrogen functional groups attached to an aromatic ring is 1. The zero-order valence-electron chi connectivity index (χ0n) is 14.6. The van der Waals surface area contributed by atoms with Crippen LogP contribution in [0, 0.1) is 11.6 Å².